The van der Waals surface area contributed by atoms with E-state index < -0.39 is 4.92 Å². The van der Waals surface area contributed by atoms with E-state index in [9.17, 15) is 10.1 Å². The number of rotatable bonds is 4. The first-order chi connectivity index (χ1) is 12.1. The van der Waals surface area contributed by atoms with Gasteiger partial charge in [-0.2, -0.15) is 0 Å². The van der Waals surface area contributed by atoms with Crippen molar-refractivity contribution in [3.63, 3.8) is 0 Å². The Balaban J connectivity index is 1.67. The molecule has 0 atom stereocenters. The van der Waals surface area contributed by atoms with Crippen molar-refractivity contribution >= 4 is 33.5 Å². The largest absolute Gasteiger partial charge is 0.331 e. The molecule has 3 aromatic heterocycles. The average Bonchev–Trinajstić information content (AvgIpc) is 3.18. The van der Waals surface area contributed by atoms with Crippen LogP contribution < -0.4 is 5.32 Å². The summed E-state index contributed by atoms with van der Waals surface area (Å²) < 4.78 is 2.00. The van der Waals surface area contributed by atoms with Crippen LogP contribution in [0.25, 0.3) is 17.0 Å². The minimum absolute atomic E-state index is 0.0411. The van der Waals surface area contributed by atoms with Crippen LogP contribution >= 0.6 is 11.3 Å². The molecular weight excluding hydrogens is 338 g/mol. The number of nitro groups is 1. The van der Waals surface area contributed by atoms with Gasteiger partial charge in [-0.25, -0.2) is 9.97 Å². The number of nitro benzene ring substituents is 1. The number of benzene rings is 1. The summed E-state index contributed by atoms with van der Waals surface area (Å²) in [5, 5.41) is 16.6. The minimum atomic E-state index is -0.416. The predicted octanol–water partition coefficient (Wildman–Crippen LogP) is 4.42. The zero-order valence-corrected chi connectivity index (χ0v) is 14.0. The Morgan fingerprint density at radius 1 is 1.20 bits per heavy atom. The van der Waals surface area contributed by atoms with Gasteiger partial charge in [0.05, 0.1) is 16.3 Å². The molecule has 1 aromatic carbocycles. The Morgan fingerprint density at radius 2 is 2.08 bits per heavy atom. The number of thiazole rings is 1. The van der Waals surface area contributed by atoms with E-state index in [1.807, 2.05) is 41.1 Å². The fourth-order valence-electron chi connectivity index (χ4n) is 2.68. The minimum Gasteiger partial charge on any atom is -0.331 e. The van der Waals surface area contributed by atoms with Gasteiger partial charge in [0.25, 0.3) is 5.69 Å². The number of nitrogens with one attached hydrogen (secondary N) is 1. The number of aryl methyl sites for hydroxylation is 1. The molecule has 1 N–H and O–H groups in total. The number of imidazole rings is 1. The van der Waals surface area contributed by atoms with Crippen LogP contribution in [0.3, 0.4) is 0 Å². The van der Waals surface area contributed by atoms with Gasteiger partial charge in [0.15, 0.2) is 5.13 Å². The van der Waals surface area contributed by atoms with E-state index in [0.29, 0.717) is 10.8 Å². The van der Waals surface area contributed by atoms with Crippen molar-refractivity contribution in [3.05, 3.63) is 69.8 Å². The van der Waals surface area contributed by atoms with Crippen molar-refractivity contribution in [3.8, 4) is 11.4 Å². The van der Waals surface area contributed by atoms with Crippen LogP contribution in [0.2, 0.25) is 0 Å². The fraction of sp³-hybridized carbons (Fsp3) is 0.0588. The van der Waals surface area contributed by atoms with E-state index >= 15 is 0 Å². The van der Waals surface area contributed by atoms with Crippen LogP contribution in [0.4, 0.5) is 16.5 Å². The number of aromatic nitrogens is 3. The smallest absolute Gasteiger partial charge is 0.271 e. The van der Waals surface area contributed by atoms with Crippen LogP contribution in [0, 0.1) is 17.0 Å². The highest BCUT2D eigenvalue weighted by Crippen LogP contribution is 2.30. The molecule has 0 fully saturated rings. The predicted molar refractivity (Wildman–Crippen MR) is 97.4 cm³/mol. The van der Waals surface area contributed by atoms with E-state index in [-0.39, 0.29) is 5.69 Å². The molecule has 25 heavy (non-hydrogen) atoms. The molecule has 4 aromatic rings. The third-order valence-electron chi connectivity index (χ3n) is 3.76. The molecule has 0 unspecified atom stereocenters. The number of hydrogen-bond acceptors (Lipinski definition) is 6. The number of non-ortho nitro benzene ring substituents is 1. The molecule has 4 rings (SSSR count). The summed E-state index contributed by atoms with van der Waals surface area (Å²) in [4.78, 5) is 19.6. The topological polar surface area (TPSA) is 85.4 Å². The van der Waals surface area contributed by atoms with Gasteiger partial charge in [0.2, 0.25) is 0 Å². The highest BCUT2D eigenvalue weighted by Gasteiger charge is 2.14. The molecule has 0 saturated heterocycles. The molecule has 7 nitrogen and oxygen atoms in total. The molecule has 8 heteroatoms. The molecule has 0 aliphatic rings. The van der Waals surface area contributed by atoms with E-state index in [2.05, 4.69) is 15.3 Å². The van der Waals surface area contributed by atoms with Crippen molar-refractivity contribution in [2.75, 3.05) is 5.32 Å². The van der Waals surface area contributed by atoms with Crippen molar-refractivity contribution in [2.45, 2.75) is 6.92 Å². The molecule has 0 bridgehead atoms. The van der Waals surface area contributed by atoms with E-state index in [1.165, 1.54) is 23.5 Å². The number of fused-ring (bicyclic) bond motifs is 1. The third-order valence-corrected chi connectivity index (χ3v) is 4.52. The lowest BCUT2D eigenvalue weighted by atomic mass is 10.3. The van der Waals surface area contributed by atoms with Gasteiger partial charge in [0.1, 0.15) is 11.3 Å². The molecule has 3 heterocycles. The second-order valence-electron chi connectivity index (χ2n) is 5.44. The molecular formula is C17H13N5O2S. The average molecular weight is 351 g/mol. The van der Waals surface area contributed by atoms with Gasteiger partial charge in [-0.05, 0) is 25.1 Å². The van der Waals surface area contributed by atoms with Crippen molar-refractivity contribution in [1.82, 2.24) is 14.4 Å². The first-order valence-electron chi connectivity index (χ1n) is 7.53. The van der Waals surface area contributed by atoms with Crippen molar-refractivity contribution in [2.24, 2.45) is 0 Å². The zero-order chi connectivity index (χ0) is 17.4. The highest BCUT2D eigenvalue weighted by atomic mass is 32.1. The summed E-state index contributed by atoms with van der Waals surface area (Å²) >= 11 is 1.44. The van der Waals surface area contributed by atoms with Gasteiger partial charge < -0.3 is 5.32 Å². The Labute approximate surface area is 146 Å². The summed E-state index contributed by atoms with van der Waals surface area (Å²) in [7, 11) is 0. The van der Waals surface area contributed by atoms with Crippen LogP contribution in [-0.4, -0.2) is 19.3 Å². The summed E-state index contributed by atoms with van der Waals surface area (Å²) in [6.07, 6.45) is 1.96. The maximum absolute atomic E-state index is 10.9. The maximum atomic E-state index is 10.9. The first kappa shape index (κ1) is 15.3. The number of anilines is 2. The molecule has 0 saturated carbocycles. The lowest BCUT2D eigenvalue weighted by Crippen LogP contribution is -1.93. The second-order valence-corrected chi connectivity index (χ2v) is 6.30. The fourth-order valence-corrected chi connectivity index (χ4v) is 3.40. The lowest BCUT2D eigenvalue weighted by Gasteiger charge is -2.02. The van der Waals surface area contributed by atoms with Crippen molar-refractivity contribution in [1.29, 1.82) is 0 Å². The summed E-state index contributed by atoms with van der Waals surface area (Å²) in [5.74, 6) is 0. The summed E-state index contributed by atoms with van der Waals surface area (Å²) in [6, 6.07) is 12.2. The van der Waals surface area contributed by atoms with Crippen LogP contribution in [0.5, 0.6) is 0 Å². The monoisotopic (exact) mass is 351 g/mol. The Hall–Kier alpha value is -3.26. The Bertz CT molecular complexity index is 1090. The molecule has 0 aliphatic carbocycles. The third kappa shape index (κ3) is 2.83. The Morgan fingerprint density at radius 3 is 2.92 bits per heavy atom. The standard InChI is InChI=1S/C17H13N5O2S/c1-11-16(21-8-3-2-7-15(21)18-11)14-10-25-17(20-14)19-12-5-4-6-13(9-12)22(23)24/h2-10H,1H3,(H,19,20). The first-order valence-corrected chi connectivity index (χ1v) is 8.41. The molecule has 0 spiro atoms. The molecule has 0 radical (unpaired) electrons. The van der Waals surface area contributed by atoms with E-state index in [0.717, 1.165) is 22.7 Å². The van der Waals surface area contributed by atoms with E-state index in [4.69, 9.17) is 0 Å². The van der Waals surface area contributed by atoms with Gasteiger partial charge in [-0.15, -0.1) is 11.3 Å². The molecule has 0 aliphatic heterocycles. The zero-order valence-electron chi connectivity index (χ0n) is 13.2. The Kier molecular flexibility index (Phi) is 3.66. The summed E-state index contributed by atoms with van der Waals surface area (Å²) in [5.41, 5.74) is 4.20. The lowest BCUT2D eigenvalue weighted by molar-refractivity contribution is -0.384. The number of pyridine rings is 1. The van der Waals surface area contributed by atoms with Gasteiger partial charge in [-0.1, -0.05) is 12.1 Å². The SMILES string of the molecule is Cc1nc2ccccn2c1-c1csc(Nc2cccc([N+](=O)[O-])c2)n1. The van der Waals surface area contributed by atoms with Gasteiger partial charge >= 0.3 is 0 Å². The number of nitrogens with zero attached hydrogens (tertiary/aromatic N) is 4. The maximum Gasteiger partial charge on any atom is 0.271 e. The van der Waals surface area contributed by atoms with Gasteiger partial charge in [0, 0.05) is 29.4 Å². The number of hydrogen-bond donors (Lipinski definition) is 1. The van der Waals surface area contributed by atoms with E-state index in [1.54, 1.807) is 12.1 Å². The van der Waals surface area contributed by atoms with Crippen LogP contribution in [-0.2, 0) is 0 Å². The molecule has 0 amide bonds. The summed E-state index contributed by atoms with van der Waals surface area (Å²) in [6.45, 7) is 1.95. The quantitative estimate of drug-likeness (QED) is 0.434. The normalized spacial score (nSPS) is 10.9. The highest BCUT2D eigenvalue weighted by molar-refractivity contribution is 7.14. The van der Waals surface area contributed by atoms with Crippen LogP contribution in [0.15, 0.2) is 54.0 Å². The van der Waals surface area contributed by atoms with Gasteiger partial charge in [-0.3, -0.25) is 14.5 Å². The van der Waals surface area contributed by atoms with Crippen LogP contribution in [0.1, 0.15) is 5.69 Å². The molecule has 124 valence electrons. The van der Waals surface area contributed by atoms with Crippen molar-refractivity contribution < 1.29 is 4.92 Å². The second kappa shape index (κ2) is 5.99.